The van der Waals surface area contributed by atoms with Crippen LogP contribution >= 0.6 is 15.9 Å². The number of carbonyl (C=O) groups excluding carboxylic acids is 2. The first-order valence-electron chi connectivity index (χ1n) is 12.3. The first-order chi connectivity index (χ1) is 15.6. The van der Waals surface area contributed by atoms with Gasteiger partial charge in [-0.05, 0) is 34.8 Å². The number of rotatable bonds is 14. The molecule has 2 heterocycles. The van der Waals surface area contributed by atoms with Gasteiger partial charge in [-0.25, -0.2) is 0 Å². The van der Waals surface area contributed by atoms with Gasteiger partial charge in [0.05, 0.1) is 18.2 Å². The lowest BCUT2D eigenvalue weighted by Gasteiger charge is -2.11. The molecular weight excluding hydrogens is 466 g/mol. The van der Waals surface area contributed by atoms with Gasteiger partial charge in [-0.1, -0.05) is 95.0 Å². The smallest absolute Gasteiger partial charge is 0.315 e. The van der Waals surface area contributed by atoms with Crippen molar-refractivity contribution in [2.24, 2.45) is 0 Å². The van der Waals surface area contributed by atoms with E-state index in [-0.39, 0.29) is 17.7 Å². The van der Waals surface area contributed by atoms with Crippen molar-refractivity contribution >= 4 is 27.7 Å². The van der Waals surface area contributed by atoms with Gasteiger partial charge in [0.1, 0.15) is 0 Å². The summed E-state index contributed by atoms with van der Waals surface area (Å²) < 4.78 is 8.40. The number of ketones is 1. The second-order valence-electron chi connectivity index (χ2n) is 8.80. The molecule has 1 unspecified atom stereocenters. The lowest BCUT2D eigenvalue weighted by atomic mass is 10.0. The zero-order valence-electron chi connectivity index (χ0n) is 19.3. The first kappa shape index (κ1) is 24.8. The Morgan fingerprint density at radius 3 is 2.25 bits per heavy atom. The minimum absolute atomic E-state index is 0.0167. The molecule has 2 aromatic rings. The molecular formula is C27H36BrNO3. The molecule has 1 aliphatic rings. The predicted octanol–water partition coefficient (Wildman–Crippen LogP) is 7.43. The Bertz CT molecular complexity index is 875. The summed E-state index contributed by atoms with van der Waals surface area (Å²) in [6, 6.07) is 11.1. The summed E-state index contributed by atoms with van der Waals surface area (Å²) in [6.45, 7) is 3.40. The van der Waals surface area contributed by atoms with Gasteiger partial charge in [0.2, 0.25) is 5.78 Å². The van der Waals surface area contributed by atoms with Crippen LogP contribution in [-0.4, -0.2) is 22.9 Å². The zero-order chi connectivity index (χ0) is 22.8. The molecule has 0 bridgehead atoms. The van der Waals surface area contributed by atoms with E-state index in [9.17, 15) is 9.59 Å². The van der Waals surface area contributed by atoms with Crippen LogP contribution in [0.2, 0.25) is 0 Å². The van der Waals surface area contributed by atoms with E-state index >= 15 is 0 Å². The fourth-order valence-electron chi connectivity index (χ4n) is 4.54. The topological polar surface area (TPSA) is 48.3 Å². The molecule has 0 amide bonds. The van der Waals surface area contributed by atoms with Crippen LogP contribution in [0.15, 0.2) is 40.9 Å². The number of esters is 1. The molecule has 0 radical (unpaired) electrons. The third-order valence-electron chi connectivity index (χ3n) is 6.36. The van der Waals surface area contributed by atoms with Crippen LogP contribution in [0.1, 0.15) is 105 Å². The highest BCUT2D eigenvalue weighted by Gasteiger charge is 2.35. The number of fused-ring (bicyclic) bond motifs is 1. The Kier molecular flexibility index (Phi) is 10.0. The van der Waals surface area contributed by atoms with E-state index in [0.717, 1.165) is 23.0 Å². The zero-order valence-corrected chi connectivity index (χ0v) is 20.9. The molecule has 174 valence electrons. The van der Waals surface area contributed by atoms with Gasteiger partial charge in [-0.2, -0.15) is 0 Å². The Morgan fingerprint density at radius 1 is 0.969 bits per heavy atom. The van der Waals surface area contributed by atoms with E-state index in [4.69, 9.17) is 4.74 Å². The second kappa shape index (κ2) is 13.0. The van der Waals surface area contributed by atoms with Crippen molar-refractivity contribution in [3.8, 4) is 0 Å². The monoisotopic (exact) mass is 501 g/mol. The van der Waals surface area contributed by atoms with E-state index in [0.29, 0.717) is 30.8 Å². The molecule has 0 aliphatic carbocycles. The number of benzene rings is 1. The summed E-state index contributed by atoms with van der Waals surface area (Å²) in [5.74, 6) is -0.487. The Labute approximate surface area is 200 Å². The van der Waals surface area contributed by atoms with Crippen LogP contribution in [0.4, 0.5) is 0 Å². The van der Waals surface area contributed by atoms with E-state index in [1.54, 1.807) is 0 Å². The highest BCUT2D eigenvalue weighted by Crippen LogP contribution is 2.38. The van der Waals surface area contributed by atoms with Gasteiger partial charge in [0, 0.05) is 22.3 Å². The minimum atomic E-state index is -0.301. The lowest BCUT2D eigenvalue weighted by Crippen LogP contribution is -2.15. The Morgan fingerprint density at radius 2 is 1.59 bits per heavy atom. The molecule has 3 rings (SSSR count). The van der Waals surface area contributed by atoms with Crippen LogP contribution in [0, 0.1) is 0 Å². The van der Waals surface area contributed by atoms with Gasteiger partial charge in [-0.15, -0.1) is 0 Å². The van der Waals surface area contributed by atoms with Crippen LogP contribution in [-0.2, 0) is 16.1 Å². The van der Waals surface area contributed by atoms with E-state index in [2.05, 4.69) is 22.9 Å². The van der Waals surface area contributed by atoms with Gasteiger partial charge in [0.15, 0.2) is 0 Å². The Balaban J connectivity index is 1.41. The van der Waals surface area contributed by atoms with Crippen LogP contribution in [0.25, 0.3) is 0 Å². The number of halogens is 1. The summed E-state index contributed by atoms with van der Waals surface area (Å²) in [4.78, 5) is 25.7. The molecule has 0 saturated carbocycles. The highest BCUT2D eigenvalue weighted by atomic mass is 79.9. The molecule has 0 fully saturated rings. The second-order valence-corrected chi connectivity index (χ2v) is 9.65. The SMILES string of the molecule is CCCCCCCCCCCCOC(=O)C1CCn2c(C(=O)c3ccccc3)cc(Br)c21. The normalized spacial score (nSPS) is 15.0. The first-order valence-corrected chi connectivity index (χ1v) is 13.1. The number of ether oxygens (including phenoxy) is 1. The van der Waals surface area contributed by atoms with Crippen LogP contribution in [0.5, 0.6) is 0 Å². The highest BCUT2D eigenvalue weighted by molar-refractivity contribution is 9.10. The fraction of sp³-hybridized carbons (Fsp3) is 0.556. The molecule has 0 saturated heterocycles. The van der Waals surface area contributed by atoms with Gasteiger partial charge >= 0.3 is 5.97 Å². The molecule has 0 spiro atoms. The summed E-state index contributed by atoms with van der Waals surface area (Å²) in [5.41, 5.74) is 2.16. The predicted molar refractivity (Wildman–Crippen MR) is 132 cm³/mol. The summed E-state index contributed by atoms with van der Waals surface area (Å²) in [7, 11) is 0. The molecule has 1 aromatic carbocycles. The number of hydrogen-bond donors (Lipinski definition) is 0. The van der Waals surface area contributed by atoms with Gasteiger partial charge in [0.25, 0.3) is 0 Å². The average Bonchev–Trinajstić information content (AvgIpc) is 3.39. The molecule has 1 aliphatic heterocycles. The molecule has 5 heteroatoms. The molecule has 4 nitrogen and oxygen atoms in total. The molecule has 1 aromatic heterocycles. The van der Waals surface area contributed by atoms with Gasteiger partial charge in [-0.3, -0.25) is 9.59 Å². The van der Waals surface area contributed by atoms with E-state index < -0.39 is 0 Å². The Hall–Kier alpha value is -1.88. The standard InChI is InChI=1S/C27H36BrNO3/c1-2-3-4-5-6-7-8-9-10-14-19-32-27(31)22-17-18-29-24(20-23(28)25(22)29)26(30)21-15-12-11-13-16-21/h11-13,15-16,20,22H,2-10,14,17-19H2,1H3. The number of nitrogens with zero attached hydrogens (tertiary/aromatic N) is 1. The largest absolute Gasteiger partial charge is 0.465 e. The van der Waals surface area contributed by atoms with Crippen molar-refractivity contribution in [2.75, 3.05) is 6.61 Å². The quantitative estimate of drug-likeness (QED) is 0.153. The maximum Gasteiger partial charge on any atom is 0.315 e. The van der Waals surface area contributed by atoms with Crippen molar-refractivity contribution in [1.29, 1.82) is 0 Å². The van der Waals surface area contributed by atoms with Crippen molar-refractivity contribution in [3.63, 3.8) is 0 Å². The fourth-order valence-corrected chi connectivity index (χ4v) is 5.25. The van der Waals surface area contributed by atoms with Crippen molar-refractivity contribution in [1.82, 2.24) is 4.57 Å². The minimum Gasteiger partial charge on any atom is -0.465 e. The van der Waals surface area contributed by atoms with E-state index in [1.807, 2.05) is 41.0 Å². The average molecular weight is 502 g/mol. The van der Waals surface area contributed by atoms with Crippen molar-refractivity contribution in [2.45, 2.75) is 90.0 Å². The summed E-state index contributed by atoms with van der Waals surface area (Å²) in [6.07, 6.45) is 13.3. The lowest BCUT2D eigenvalue weighted by molar-refractivity contribution is -0.145. The van der Waals surface area contributed by atoms with Crippen LogP contribution in [0.3, 0.4) is 0 Å². The molecule has 0 N–H and O–H groups in total. The summed E-state index contributed by atoms with van der Waals surface area (Å²) in [5, 5.41) is 0. The molecule has 32 heavy (non-hydrogen) atoms. The molecule has 1 atom stereocenters. The third-order valence-corrected chi connectivity index (χ3v) is 6.99. The van der Waals surface area contributed by atoms with Crippen LogP contribution < -0.4 is 0 Å². The van der Waals surface area contributed by atoms with Crippen molar-refractivity contribution < 1.29 is 14.3 Å². The third kappa shape index (κ3) is 6.57. The van der Waals surface area contributed by atoms with E-state index in [1.165, 1.54) is 51.4 Å². The maximum atomic E-state index is 12.9. The number of hydrogen-bond acceptors (Lipinski definition) is 3. The van der Waals surface area contributed by atoms with Crippen molar-refractivity contribution in [3.05, 3.63) is 57.8 Å². The van der Waals surface area contributed by atoms with Gasteiger partial charge < -0.3 is 9.30 Å². The summed E-state index contributed by atoms with van der Waals surface area (Å²) >= 11 is 3.57. The maximum absolute atomic E-state index is 12.9. The number of aromatic nitrogens is 1. The number of carbonyl (C=O) groups is 2. The number of unbranched alkanes of at least 4 members (excludes halogenated alkanes) is 9.